The van der Waals surface area contributed by atoms with E-state index in [9.17, 15) is 4.39 Å². The number of nitrogens with zero attached hydrogens (tertiary/aromatic N) is 3. The molecule has 0 aliphatic heterocycles. The average molecular weight is 304 g/mol. The number of aromatic nitrogens is 3. The van der Waals surface area contributed by atoms with E-state index in [-0.39, 0.29) is 5.82 Å². The van der Waals surface area contributed by atoms with Gasteiger partial charge in [-0.05, 0) is 25.1 Å². The summed E-state index contributed by atoms with van der Waals surface area (Å²) in [6, 6.07) is 4.69. The minimum absolute atomic E-state index is 0.228. The summed E-state index contributed by atoms with van der Waals surface area (Å²) in [5.74, 6) is 0.728. The van der Waals surface area contributed by atoms with Gasteiger partial charge in [0.15, 0.2) is 0 Å². The maximum absolute atomic E-state index is 13.3. The van der Waals surface area contributed by atoms with Gasteiger partial charge in [-0.15, -0.1) is 11.3 Å². The molecule has 0 aliphatic rings. The molecule has 1 N–H and O–H groups in total. The molecule has 2 aromatic heterocycles. The number of fused-ring (bicyclic) bond motifs is 1. The largest absolute Gasteiger partial charge is 0.331 e. The number of hydrogen-bond acceptors (Lipinski definition) is 4. The maximum atomic E-state index is 13.3. The second kappa shape index (κ2) is 5.91. The van der Waals surface area contributed by atoms with Crippen molar-refractivity contribution < 1.29 is 4.39 Å². The highest BCUT2D eigenvalue weighted by atomic mass is 32.1. The molecule has 0 saturated heterocycles. The number of nitrogens with one attached hydrogen (secondary N) is 1. The van der Waals surface area contributed by atoms with Crippen LogP contribution in [0.4, 0.5) is 4.39 Å². The highest BCUT2D eigenvalue weighted by molar-refractivity contribution is 7.09. The lowest BCUT2D eigenvalue weighted by atomic mass is 10.3. The Balaban J connectivity index is 1.61. The fourth-order valence-electron chi connectivity index (χ4n) is 2.34. The van der Waals surface area contributed by atoms with Gasteiger partial charge < -0.3 is 9.88 Å². The standard InChI is InChI=1S/C15H17FN4S/c1-10-18-12(9-21-10)8-17-6-5-15-19-13-4-3-11(16)7-14(13)20(15)2/h3-4,7,9,17H,5-6,8H2,1-2H3. The Kier molecular flexibility index (Phi) is 3.98. The van der Waals surface area contributed by atoms with E-state index in [4.69, 9.17) is 0 Å². The molecule has 0 unspecified atom stereocenters. The molecular formula is C15H17FN4S. The molecular weight excluding hydrogens is 287 g/mol. The molecule has 0 bridgehead atoms. The highest BCUT2D eigenvalue weighted by Crippen LogP contribution is 2.16. The Morgan fingerprint density at radius 1 is 1.33 bits per heavy atom. The maximum Gasteiger partial charge on any atom is 0.125 e. The molecule has 110 valence electrons. The predicted octanol–water partition coefficient (Wildman–Crippen LogP) is 2.81. The van der Waals surface area contributed by atoms with Crippen LogP contribution in [0.2, 0.25) is 0 Å². The van der Waals surface area contributed by atoms with Crippen molar-refractivity contribution in [3.8, 4) is 0 Å². The second-order valence-corrected chi connectivity index (χ2v) is 6.07. The Labute approximate surface area is 126 Å². The molecule has 0 radical (unpaired) electrons. The molecule has 3 aromatic rings. The summed E-state index contributed by atoms with van der Waals surface area (Å²) in [6.07, 6.45) is 0.802. The van der Waals surface area contributed by atoms with Crippen LogP contribution in [0.25, 0.3) is 11.0 Å². The quantitative estimate of drug-likeness (QED) is 0.737. The number of hydrogen-bond donors (Lipinski definition) is 1. The third-order valence-corrected chi connectivity index (χ3v) is 4.26. The summed E-state index contributed by atoms with van der Waals surface area (Å²) in [4.78, 5) is 8.96. The van der Waals surface area contributed by atoms with Crippen LogP contribution in [0.3, 0.4) is 0 Å². The van der Waals surface area contributed by atoms with Crippen LogP contribution in [0.1, 0.15) is 16.5 Å². The van der Waals surface area contributed by atoms with Gasteiger partial charge in [-0.3, -0.25) is 0 Å². The van der Waals surface area contributed by atoms with Crippen LogP contribution in [0, 0.1) is 12.7 Å². The average Bonchev–Trinajstić information content (AvgIpc) is 3.00. The molecule has 0 spiro atoms. The van der Waals surface area contributed by atoms with Gasteiger partial charge in [0.05, 0.1) is 21.7 Å². The van der Waals surface area contributed by atoms with Crippen molar-refractivity contribution in [2.24, 2.45) is 7.05 Å². The van der Waals surface area contributed by atoms with Crippen LogP contribution in [-0.4, -0.2) is 21.1 Å². The first kappa shape index (κ1) is 14.2. The van der Waals surface area contributed by atoms with E-state index in [2.05, 4.69) is 20.7 Å². The van der Waals surface area contributed by atoms with Gasteiger partial charge in [0.25, 0.3) is 0 Å². The third kappa shape index (κ3) is 3.11. The second-order valence-electron chi connectivity index (χ2n) is 5.00. The normalized spacial score (nSPS) is 11.4. The van der Waals surface area contributed by atoms with Gasteiger partial charge in [0.1, 0.15) is 11.6 Å². The molecule has 0 fully saturated rings. The fourth-order valence-corrected chi connectivity index (χ4v) is 2.96. The lowest BCUT2D eigenvalue weighted by molar-refractivity contribution is 0.628. The molecule has 21 heavy (non-hydrogen) atoms. The van der Waals surface area contributed by atoms with Gasteiger partial charge in [-0.25, -0.2) is 14.4 Å². The monoisotopic (exact) mass is 304 g/mol. The highest BCUT2D eigenvalue weighted by Gasteiger charge is 2.08. The summed E-state index contributed by atoms with van der Waals surface area (Å²) < 4.78 is 15.2. The molecule has 6 heteroatoms. The van der Waals surface area contributed by atoms with E-state index >= 15 is 0 Å². The lowest BCUT2D eigenvalue weighted by Gasteiger charge is -2.04. The van der Waals surface area contributed by atoms with Crippen molar-refractivity contribution in [1.82, 2.24) is 19.9 Å². The summed E-state index contributed by atoms with van der Waals surface area (Å²) in [7, 11) is 1.92. The van der Waals surface area contributed by atoms with Crippen molar-refractivity contribution in [1.29, 1.82) is 0 Å². The van der Waals surface area contributed by atoms with Crippen LogP contribution in [-0.2, 0) is 20.0 Å². The zero-order chi connectivity index (χ0) is 14.8. The van der Waals surface area contributed by atoms with E-state index in [1.54, 1.807) is 17.4 Å². The van der Waals surface area contributed by atoms with Crippen LogP contribution < -0.4 is 5.32 Å². The van der Waals surface area contributed by atoms with Crippen LogP contribution >= 0.6 is 11.3 Å². The number of thiazole rings is 1. The molecule has 0 atom stereocenters. The SMILES string of the molecule is Cc1nc(CNCCc2nc3ccc(F)cc3n2C)cs1. The summed E-state index contributed by atoms with van der Waals surface area (Å²) >= 11 is 1.66. The summed E-state index contributed by atoms with van der Waals surface area (Å²) in [5.41, 5.74) is 2.74. The number of aryl methyl sites for hydroxylation is 2. The molecule has 1 aromatic carbocycles. The van der Waals surface area contributed by atoms with E-state index in [0.717, 1.165) is 47.1 Å². The van der Waals surface area contributed by atoms with Crippen molar-refractivity contribution in [3.05, 3.63) is 45.9 Å². The molecule has 4 nitrogen and oxygen atoms in total. The molecule has 0 amide bonds. The Hall–Kier alpha value is -1.79. The topological polar surface area (TPSA) is 42.7 Å². The predicted molar refractivity (Wildman–Crippen MR) is 82.9 cm³/mol. The van der Waals surface area contributed by atoms with E-state index in [0.29, 0.717) is 0 Å². The zero-order valence-corrected chi connectivity index (χ0v) is 12.9. The third-order valence-electron chi connectivity index (χ3n) is 3.43. The Morgan fingerprint density at radius 2 is 2.19 bits per heavy atom. The molecule has 2 heterocycles. The van der Waals surface area contributed by atoms with Gasteiger partial charge in [-0.2, -0.15) is 0 Å². The number of halogens is 1. The molecule has 3 rings (SSSR count). The minimum Gasteiger partial charge on any atom is -0.331 e. The summed E-state index contributed by atoms with van der Waals surface area (Å²) in [5, 5.41) is 6.52. The number of imidazole rings is 1. The van der Waals surface area contributed by atoms with Gasteiger partial charge in [0.2, 0.25) is 0 Å². The van der Waals surface area contributed by atoms with Crippen molar-refractivity contribution in [3.63, 3.8) is 0 Å². The fraction of sp³-hybridized carbons (Fsp3) is 0.333. The number of rotatable bonds is 5. The molecule has 0 aliphatic carbocycles. The summed E-state index contributed by atoms with van der Waals surface area (Å²) in [6.45, 7) is 3.59. The van der Waals surface area contributed by atoms with E-state index in [1.165, 1.54) is 12.1 Å². The Morgan fingerprint density at radius 3 is 2.95 bits per heavy atom. The van der Waals surface area contributed by atoms with E-state index < -0.39 is 0 Å². The lowest BCUT2D eigenvalue weighted by Crippen LogP contribution is -2.18. The zero-order valence-electron chi connectivity index (χ0n) is 12.1. The first-order valence-corrected chi connectivity index (χ1v) is 7.74. The van der Waals surface area contributed by atoms with Crippen LogP contribution in [0.5, 0.6) is 0 Å². The number of benzene rings is 1. The van der Waals surface area contributed by atoms with Crippen molar-refractivity contribution >= 4 is 22.4 Å². The van der Waals surface area contributed by atoms with E-state index in [1.807, 2.05) is 18.5 Å². The molecule has 0 saturated carbocycles. The Bertz CT molecular complexity index is 762. The van der Waals surface area contributed by atoms with Crippen molar-refractivity contribution in [2.75, 3.05) is 6.54 Å². The first-order valence-electron chi connectivity index (χ1n) is 6.86. The first-order chi connectivity index (χ1) is 10.1. The van der Waals surface area contributed by atoms with Gasteiger partial charge in [0, 0.05) is 31.9 Å². The minimum atomic E-state index is -0.228. The van der Waals surface area contributed by atoms with Gasteiger partial charge >= 0.3 is 0 Å². The van der Waals surface area contributed by atoms with Gasteiger partial charge in [-0.1, -0.05) is 0 Å². The smallest absolute Gasteiger partial charge is 0.125 e. The van der Waals surface area contributed by atoms with Crippen molar-refractivity contribution in [2.45, 2.75) is 19.9 Å². The van der Waals surface area contributed by atoms with Crippen LogP contribution in [0.15, 0.2) is 23.6 Å².